The van der Waals surface area contributed by atoms with Gasteiger partial charge in [0.25, 0.3) is 0 Å². The summed E-state index contributed by atoms with van der Waals surface area (Å²) in [6, 6.07) is 0. The van der Waals surface area contributed by atoms with E-state index < -0.39 is 12.7 Å². The van der Waals surface area contributed by atoms with Gasteiger partial charge in [-0.3, -0.25) is 4.79 Å². The maximum absolute atomic E-state index is 12.2. The lowest BCUT2D eigenvalue weighted by Crippen LogP contribution is -2.40. The molecule has 24 heavy (non-hydrogen) atoms. The van der Waals surface area contributed by atoms with Crippen molar-refractivity contribution in [1.29, 1.82) is 0 Å². The number of rotatable bonds is 7. The number of alkyl halides is 2. The van der Waals surface area contributed by atoms with Crippen LogP contribution in [0.5, 0.6) is 0 Å². The lowest BCUT2D eigenvalue weighted by molar-refractivity contribution is -0.121. The van der Waals surface area contributed by atoms with Crippen LogP contribution in [0.4, 0.5) is 0 Å². The molecule has 3 unspecified atom stereocenters. The van der Waals surface area contributed by atoms with Crippen LogP contribution in [-0.4, -0.2) is 25.0 Å². The summed E-state index contributed by atoms with van der Waals surface area (Å²) in [5.74, 6) is 1.28. The largest absolute Gasteiger partial charge is 0.417 e. The molecule has 2 aliphatic carbocycles. The van der Waals surface area contributed by atoms with E-state index in [1.165, 1.54) is 25.7 Å². The van der Waals surface area contributed by atoms with Crippen molar-refractivity contribution in [3.05, 3.63) is 0 Å². The van der Waals surface area contributed by atoms with E-state index in [1.807, 2.05) is 0 Å². The number of carbonyl (C=O) groups excluding carboxylic acids is 1. The first-order valence-electron chi connectivity index (χ1n) is 9.52. The quantitative estimate of drug-likeness (QED) is 0.286. The fraction of sp³-hybridized carbons (Fsp3) is 0.947. The molecular formula is C19H34Cl2O2Si. The molecule has 0 amide bonds. The summed E-state index contributed by atoms with van der Waals surface area (Å²) < 4.78 is 5.13. The molecule has 0 radical (unpaired) electrons. The van der Waals surface area contributed by atoms with E-state index in [9.17, 15) is 4.79 Å². The molecule has 0 spiro atoms. The molecule has 2 fully saturated rings. The second kappa shape index (κ2) is 7.58. The van der Waals surface area contributed by atoms with E-state index in [4.69, 9.17) is 27.6 Å². The summed E-state index contributed by atoms with van der Waals surface area (Å²) in [4.78, 5) is 12.2. The fourth-order valence-electron chi connectivity index (χ4n) is 4.04. The highest BCUT2D eigenvalue weighted by atomic mass is 35.5. The van der Waals surface area contributed by atoms with Crippen molar-refractivity contribution in [3.8, 4) is 0 Å². The number of hydrogen-bond donors (Lipinski definition) is 0. The molecule has 2 saturated carbocycles. The van der Waals surface area contributed by atoms with Crippen LogP contribution in [0.3, 0.4) is 0 Å². The summed E-state index contributed by atoms with van der Waals surface area (Å²) in [6.07, 6.45) is 7.61. The standard InChI is InChI=1S/C19H34Cl2O2Si/c1-18(2,3)24(4,5)23-12-8-6-7-9-14-10-11-15-16(14)13-19(20,21)17(15)22/h14-16H,6-13H2,1-5H3. The minimum absolute atomic E-state index is 0.0844. The number of carbonyl (C=O) groups is 1. The number of halogens is 2. The number of ketones is 1. The van der Waals surface area contributed by atoms with E-state index in [1.54, 1.807) is 0 Å². The lowest BCUT2D eigenvalue weighted by Gasteiger charge is -2.36. The van der Waals surface area contributed by atoms with Gasteiger partial charge >= 0.3 is 0 Å². The van der Waals surface area contributed by atoms with Crippen molar-refractivity contribution in [2.45, 2.75) is 88.2 Å². The molecule has 2 aliphatic rings. The zero-order valence-electron chi connectivity index (χ0n) is 16.0. The van der Waals surface area contributed by atoms with Crippen molar-refractivity contribution in [3.63, 3.8) is 0 Å². The second-order valence-electron chi connectivity index (χ2n) is 9.34. The highest BCUT2D eigenvalue weighted by Crippen LogP contribution is 2.54. The topological polar surface area (TPSA) is 26.3 Å². The molecule has 2 nitrogen and oxygen atoms in total. The summed E-state index contributed by atoms with van der Waals surface area (Å²) in [7, 11) is -1.60. The van der Waals surface area contributed by atoms with Gasteiger partial charge in [0, 0.05) is 12.5 Å². The average Bonchev–Trinajstić information content (AvgIpc) is 2.92. The Morgan fingerprint density at radius 2 is 1.83 bits per heavy atom. The summed E-state index contributed by atoms with van der Waals surface area (Å²) in [6.45, 7) is 12.4. The molecule has 3 atom stereocenters. The van der Waals surface area contributed by atoms with Crippen molar-refractivity contribution in [2.24, 2.45) is 17.8 Å². The molecule has 5 heteroatoms. The van der Waals surface area contributed by atoms with Gasteiger partial charge in [-0.25, -0.2) is 0 Å². The average molecular weight is 393 g/mol. The van der Waals surface area contributed by atoms with Crippen LogP contribution < -0.4 is 0 Å². The van der Waals surface area contributed by atoms with Gasteiger partial charge in [0.05, 0.1) is 0 Å². The third-order valence-corrected chi connectivity index (χ3v) is 11.9. The summed E-state index contributed by atoms with van der Waals surface area (Å²) in [5.41, 5.74) is 0. The number of fused-ring (bicyclic) bond motifs is 1. The fourth-order valence-corrected chi connectivity index (χ4v) is 5.76. The van der Waals surface area contributed by atoms with Gasteiger partial charge in [-0.15, -0.1) is 0 Å². The molecule has 0 aliphatic heterocycles. The summed E-state index contributed by atoms with van der Waals surface area (Å²) >= 11 is 12.3. The van der Waals surface area contributed by atoms with Crippen molar-refractivity contribution in [2.75, 3.05) is 6.61 Å². The zero-order valence-corrected chi connectivity index (χ0v) is 18.5. The first-order valence-corrected chi connectivity index (χ1v) is 13.2. The first-order chi connectivity index (χ1) is 11.0. The first kappa shape index (κ1) is 20.7. The molecule has 140 valence electrons. The van der Waals surface area contributed by atoms with Crippen LogP contribution in [0.2, 0.25) is 18.1 Å². The van der Waals surface area contributed by atoms with E-state index in [0.717, 1.165) is 19.4 Å². The SMILES string of the molecule is CC(C)(C)[Si](C)(C)OCCCCCC1CCC2C(=O)C(Cl)(Cl)CC12. The van der Waals surface area contributed by atoms with Crippen molar-refractivity contribution < 1.29 is 9.22 Å². The molecule has 0 aromatic rings. The van der Waals surface area contributed by atoms with E-state index in [0.29, 0.717) is 18.3 Å². The predicted octanol–water partition coefficient (Wildman–Crippen LogP) is 6.36. The number of hydrogen-bond acceptors (Lipinski definition) is 2. The molecule has 0 N–H and O–H groups in total. The molecular weight excluding hydrogens is 359 g/mol. The van der Waals surface area contributed by atoms with Crippen LogP contribution in [0.1, 0.15) is 65.7 Å². The molecule has 0 aromatic carbocycles. The molecule has 2 rings (SSSR count). The van der Waals surface area contributed by atoms with Crippen LogP contribution in [0.15, 0.2) is 0 Å². The summed E-state index contributed by atoms with van der Waals surface area (Å²) in [5, 5.41) is 0.288. The zero-order chi connectivity index (χ0) is 18.2. The number of Topliss-reactive ketones (excluding diaryl/α,β-unsaturated/α-hetero) is 1. The van der Waals surface area contributed by atoms with Gasteiger partial charge in [-0.2, -0.15) is 0 Å². The Balaban J connectivity index is 1.65. The predicted molar refractivity (Wildman–Crippen MR) is 105 cm³/mol. The minimum atomic E-state index is -1.60. The second-order valence-corrected chi connectivity index (χ2v) is 15.6. The van der Waals surface area contributed by atoms with Gasteiger partial charge in [0.2, 0.25) is 0 Å². The Morgan fingerprint density at radius 3 is 2.46 bits per heavy atom. The maximum atomic E-state index is 12.2. The Labute approximate surface area is 159 Å². The Bertz CT molecular complexity index is 457. The highest BCUT2D eigenvalue weighted by molar-refractivity contribution is 6.74. The van der Waals surface area contributed by atoms with Gasteiger partial charge in [-0.1, -0.05) is 63.2 Å². The highest BCUT2D eigenvalue weighted by Gasteiger charge is 2.55. The Hall–Kier alpha value is 0.427. The molecule has 0 bridgehead atoms. The van der Waals surface area contributed by atoms with Crippen LogP contribution >= 0.6 is 23.2 Å². The smallest absolute Gasteiger partial charge is 0.191 e. The van der Waals surface area contributed by atoms with E-state index in [-0.39, 0.29) is 16.7 Å². The van der Waals surface area contributed by atoms with Gasteiger partial charge < -0.3 is 4.43 Å². The Kier molecular flexibility index (Phi) is 6.55. The lowest BCUT2D eigenvalue weighted by atomic mass is 9.88. The maximum Gasteiger partial charge on any atom is 0.191 e. The van der Waals surface area contributed by atoms with Gasteiger partial charge in [-0.05, 0) is 55.7 Å². The normalized spacial score (nSPS) is 30.0. The molecule has 0 heterocycles. The van der Waals surface area contributed by atoms with Crippen molar-refractivity contribution in [1.82, 2.24) is 0 Å². The monoisotopic (exact) mass is 392 g/mol. The van der Waals surface area contributed by atoms with Crippen LogP contribution in [-0.2, 0) is 9.22 Å². The third-order valence-electron chi connectivity index (χ3n) is 6.65. The molecule has 0 saturated heterocycles. The molecule has 0 aromatic heterocycles. The minimum Gasteiger partial charge on any atom is -0.417 e. The van der Waals surface area contributed by atoms with Gasteiger partial charge in [0.15, 0.2) is 18.4 Å². The van der Waals surface area contributed by atoms with Gasteiger partial charge in [0.1, 0.15) is 0 Å². The third kappa shape index (κ3) is 4.58. The van der Waals surface area contributed by atoms with E-state index in [2.05, 4.69) is 33.9 Å². The van der Waals surface area contributed by atoms with Crippen LogP contribution in [0, 0.1) is 17.8 Å². The number of unbranched alkanes of at least 4 members (excludes halogenated alkanes) is 2. The van der Waals surface area contributed by atoms with E-state index >= 15 is 0 Å². The van der Waals surface area contributed by atoms with Crippen LogP contribution in [0.25, 0.3) is 0 Å². The Morgan fingerprint density at radius 1 is 1.17 bits per heavy atom. The van der Waals surface area contributed by atoms with Crippen molar-refractivity contribution >= 4 is 37.3 Å².